The van der Waals surface area contributed by atoms with Crippen LogP contribution in [0, 0.1) is 0 Å². The number of aromatic nitrogens is 1. The Bertz CT molecular complexity index is 497. The molecule has 17 heavy (non-hydrogen) atoms. The number of benzene rings is 1. The van der Waals surface area contributed by atoms with Crippen LogP contribution in [0.3, 0.4) is 0 Å². The molecule has 0 saturated carbocycles. The van der Waals surface area contributed by atoms with Gasteiger partial charge in [0.1, 0.15) is 0 Å². The van der Waals surface area contributed by atoms with Gasteiger partial charge in [0.05, 0.1) is 5.56 Å². The van der Waals surface area contributed by atoms with Crippen LogP contribution in [0.4, 0.5) is 13.2 Å². The molecular weight excluding hydrogens is 247 g/mol. The number of hydrogen-bond donors (Lipinski definition) is 0. The standard InChI is InChI=1S/C12H8F3NS/c13-12(14,15)10-3-1-2-4-11(10)17-9-5-7-16-8-6-9/h1-8H. The van der Waals surface area contributed by atoms with E-state index in [1.54, 1.807) is 30.6 Å². The lowest BCUT2D eigenvalue weighted by molar-refractivity contribution is -0.139. The number of hydrogen-bond acceptors (Lipinski definition) is 2. The van der Waals surface area contributed by atoms with Gasteiger partial charge in [-0.05, 0) is 24.3 Å². The van der Waals surface area contributed by atoms with Crippen molar-refractivity contribution in [2.45, 2.75) is 16.0 Å². The minimum absolute atomic E-state index is 0.200. The highest BCUT2D eigenvalue weighted by molar-refractivity contribution is 7.99. The van der Waals surface area contributed by atoms with Crippen LogP contribution in [0.5, 0.6) is 0 Å². The molecule has 0 N–H and O–H groups in total. The lowest BCUT2D eigenvalue weighted by Gasteiger charge is -2.11. The van der Waals surface area contributed by atoms with Crippen LogP contribution in [0.1, 0.15) is 5.56 Å². The van der Waals surface area contributed by atoms with Crippen LogP contribution in [-0.2, 0) is 6.18 Å². The first-order valence-electron chi connectivity index (χ1n) is 4.81. The van der Waals surface area contributed by atoms with Gasteiger partial charge in [-0.1, -0.05) is 23.9 Å². The lowest BCUT2D eigenvalue weighted by atomic mass is 10.2. The quantitative estimate of drug-likeness (QED) is 0.795. The van der Waals surface area contributed by atoms with Gasteiger partial charge in [0.15, 0.2) is 0 Å². The molecule has 0 atom stereocenters. The highest BCUT2D eigenvalue weighted by atomic mass is 32.2. The van der Waals surface area contributed by atoms with Crippen molar-refractivity contribution in [2.75, 3.05) is 0 Å². The van der Waals surface area contributed by atoms with Crippen LogP contribution >= 0.6 is 11.8 Å². The Morgan fingerprint density at radius 1 is 0.941 bits per heavy atom. The molecule has 0 aliphatic carbocycles. The minimum atomic E-state index is -4.32. The Morgan fingerprint density at radius 2 is 1.59 bits per heavy atom. The van der Waals surface area contributed by atoms with Gasteiger partial charge in [0, 0.05) is 22.2 Å². The summed E-state index contributed by atoms with van der Waals surface area (Å²) in [6.45, 7) is 0. The van der Waals surface area contributed by atoms with Crippen LogP contribution in [0.25, 0.3) is 0 Å². The summed E-state index contributed by atoms with van der Waals surface area (Å²) in [5.74, 6) is 0. The SMILES string of the molecule is FC(F)(F)c1ccccc1Sc1ccncc1. The molecule has 1 aromatic carbocycles. The van der Waals surface area contributed by atoms with E-state index in [9.17, 15) is 13.2 Å². The predicted octanol–water partition coefficient (Wildman–Crippen LogP) is 4.25. The normalized spacial score (nSPS) is 11.5. The summed E-state index contributed by atoms with van der Waals surface area (Å²) < 4.78 is 38.2. The molecule has 1 nitrogen and oxygen atoms in total. The molecule has 0 aliphatic heterocycles. The van der Waals surface area contributed by atoms with Crippen molar-refractivity contribution < 1.29 is 13.2 Å². The first-order chi connectivity index (χ1) is 8.07. The van der Waals surface area contributed by atoms with E-state index in [2.05, 4.69) is 4.98 Å². The van der Waals surface area contributed by atoms with Gasteiger partial charge >= 0.3 is 6.18 Å². The molecule has 5 heteroatoms. The van der Waals surface area contributed by atoms with Crippen LogP contribution < -0.4 is 0 Å². The van der Waals surface area contributed by atoms with E-state index in [0.717, 1.165) is 22.7 Å². The summed E-state index contributed by atoms with van der Waals surface area (Å²) in [5.41, 5.74) is -0.609. The van der Waals surface area contributed by atoms with E-state index in [0.29, 0.717) is 0 Å². The Hall–Kier alpha value is -1.49. The van der Waals surface area contributed by atoms with Gasteiger partial charge in [-0.15, -0.1) is 0 Å². The second-order valence-electron chi connectivity index (χ2n) is 3.28. The van der Waals surface area contributed by atoms with Gasteiger partial charge in [-0.3, -0.25) is 4.98 Å². The second-order valence-corrected chi connectivity index (χ2v) is 4.39. The predicted molar refractivity (Wildman–Crippen MR) is 59.8 cm³/mol. The average molecular weight is 255 g/mol. The summed E-state index contributed by atoms with van der Waals surface area (Å²) in [5, 5.41) is 0. The molecule has 0 saturated heterocycles. The van der Waals surface area contributed by atoms with Crippen LogP contribution in [-0.4, -0.2) is 4.98 Å². The Morgan fingerprint density at radius 3 is 2.24 bits per heavy atom. The third-order valence-corrected chi connectivity index (χ3v) is 3.15. The smallest absolute Gasteiger partial charge is 0.265 e. The monoisotopic (exact) mass is 255 g/mol. The molecule has 88 valence electrons. The van der Waals surface area contributed by atoms with Gasteiger partial charge in [-0.25, -0.2) is 0 Å². The maximum absolute atomic E-state index is 12.7. The van der Waals surface area contributed by atoms with Gasteiger partial charge in [0.2, 0.25) is 0 Å². The Labute approximate surface area is 101 Å². The van der Waals surface area contributed by atoms with Crippen molar-refractivity contribution in [2.24, 2.45) is 0 Å². The van der Waals surface area contributed by atoms with E-state index >= 15 is 0 Å². The number of halogens is 3. The maximum atomic E-state index is 12.7. The third kappa shape index (κ3) is 3.00. The molecule has 0 fully saturated rings. The molecule has 2 aromatic rings. The van der Waals surface area contributed by atoms with Crippen molar-refractivity contribution >= 4 is 11.8 Å². The number of alkyl halides is 3. The topological polar surface area (TPSA) is 12.9 Å². The molecule has 2 rings (SSSR count). The molecule has 1 aromatic heterocycles. The molecule has 0 radical (unpaired) electrons. The van der Waals surface area contributed by atoms with Crippen molar-refractivity contribution in [1.29, 1.82) is 0 Å². The first kappa shape index (κ1) is 12.0. The summed E-state index contributed by atoms with van der Waals surface area (Å²) >= 11 is 1.08. The van der Waals surface area contributed by atoms with Gasteiger partial charge < -0.3 is 0 Å². The summed E-state index contributed by atoms with van der Waals surface area (Å²) in [6.07, 6.45) is -1.21. The molecule has 0 amide bonds. The van der Waals surface area contributed by atoms with E-state index in [-0.39, 0.29) is 4.90 Å². The Kier molecular flexibility index (Phi) is 3.38. The lowest BCUT2D eigenvalue weighted by Crippen LogP contribution is -2.06. The molecular formula is C12H8F3NS. The van der Waals surface area contributed by atoms with Crippen molar-refractivity contribution in [3.8, 4) is 0 Å². The maximum Gasteiger partial charge on any atom is 0.417 e. The zero-order valence-electron chi connectivity index (χ0n) is 8.61. The van der Waals surface area contributed by atoms with Gasteiger partial charge in [0.25, 0.3) is 0 Å². The van der Waals surface area contributed by atoms with E-state index in [1.165, 1.54) is 12.1 Å². The van der Waals surface area contributed by atoms with Gasteiger partial charge in [-0.2, -0.15) is 13.2 Å². The molecule has 0 unspecified atom stereocenters. The first-order valence-corrected chi connectivity index (χ1v) is 5.63. The average Bonchev–Trinajstić information content (AvgIpc) is 2.30. The third-order valence-electron chi connectivity index (χ3n) is 2.07. The fourth-order valence-corrected chi connectivity index (χ4v) is 2.28. The van der Waals surface area contributed by atoms with Crippen LogP contribution in [0.2, 0.25) is 0 Å². The second kappa shape index (κ2) is 4.79. The molecule has 1 heterocycles. The summed E-state index contributed by atoms with van der Waals surface area (Å²) in [6, 6.07) is 8.89. The number of pyridine rings is 1. The molecule has 0 bridgehead atoms. The molecule has 0 aliphatic rings. The number of rotatable bonds is 2. The van der Waals surface area contributed by atoms with E-state index in [4.69, 9.17) is 0 Å². The highest BCUT2D eigenvalue weighted by Gasteiger charge is 2.33. The number of nitrogens with zero attached hydrogens (tertiary/aromatic N) is 1. The van der Waals surface area contributed by atoms with Crippen LogP contribution in [0.15, 0.2) is 58.6 Å². The minimum Gasteiger partial charge on any atom is -0.265 e. The van der Waals surface area contributed by atoms with E-state index in [1.807, 2.05) is 0 Å². The Balaban J connectivity index is 2.34. The van der Waals surface area contributed by atoms with Crippen molar-refractivity contribution in [3.63, 3.8) is 0 Å². The summed E-state index contributed by atoms with van der Waals surface area (Å²) in [7, 11) is 0. The largest absolute Gasteiger partial charge is 0.417 e. The zero-order valence-corrected chi connectivity index (χ0v) is 9.42. The highest BCUT2D eigenvalue weighted by Crippen LogP contribution is 2.38. The fourth-order valence-electron chi connectivity index (χ4n) is 1.32. The van der Waals surface area contributed by atoms with Crippen molar-refractivity contribution in [3.05, 3.63) is 54.4 Å². The van der Waals surface area contributed by atoms with Crippen molar-refractivity contribution in [1.82, 2.24) is 4.98 Å². The van der Waals surface area contributed by atoms with E-state index < -0.39 is 11.7 Å². The zero-order chi connectivity index (χ0) is 12.3. The summed E-state index contributed by atoms with van der Waals surface area (Å²) in [4.78, 5) is 4.76. The fraction of sp³-hybridized carbons (Fsp3) is 0.0833. The molecule has 0 spiro atoms.